The van der Waals surface area contributed by atoms with Crippen molar-refractivity contribution in [2.45, 2.75) is 57.6 Å². The van der Waals surface area contributed by atoms with E-state index in [1.807, 2.05) is 19.6 Å². The summed E-state index contributed by atoms with van der Waals surface area (Å²) < 4.78 is 12.4. The van der Waals surface area contributed by atoms with Gasteiger partial charge in [-0.3, -0.25) is 14.5 Å². The molecule has 32 heavy (non-hydrogen) atoms. The maximum atomic E-state index is 13.0. The second-order valence-electron chi connectivity index (χ2n) is 9.80. The quantitative estimate of drug-likeness (QED) is 0.456. The lowest BCUT2D eigenvalue weighted by atomic mass is 10.0. The van der Waals surface area contributed by atoms with Gasteiger partial charge in [-0.1, -0.05) is 0 Å². The molecule has 2 atom stereocenters. The van der Waals surface area contributed by atoms with Crippen molar-refractivity contribution in [3.8, 4) is 11.5 Å². The fourth-order valence-corrected chi connectivity index (χ4v) is 6.50. The molecule has 2 heterocycles. The van der Waals surface area contributed by atoms with Gasteiger partial charge in [0.1, 0.15) is 22.9 Å². The van der Waals surface area contributed by atoms with Crippen LogP contribution >= 0.6 is 11.8 Å². The second-order valence-corrected chi connectivity index (χ2v) is 19.8. The number of thioether (sulfide) groups is 1. The molecule has 174 valence electrons. The summed E-state index contributed by atoms with van der Waals surface area (Å²) in [5.74, 6) is -0.170. The Morgan fingerprint density at radius 2 is 1.75 bits per heavy atom. The summed E-state index contributed by atoms with van der Waals surface area (Å²) in [6.07, 6.45) is 1.38. The molecule has 11 heteroatoms. The van der Waals surface area contributed by atoms with Gasteiger partial charge in [0.2, 0.25) is 22.5 Å². The van der Waals surface area contributed by atoms with Gasteiger partial charge in [0.15, 0.2) is 0 Å². The molecule has 2 aliphatic heterocycles. The molecule has 0 spiro atoms. The average Bonchev–Trinajstić information content (AvgIpc) is 2.63. The first-order chi connectivity index (χ1) is 14.7. The highest BCUT2D eigenvalue weighted by atomic mass is 32.2. The molecular weight excluding hydrogens is 464 g/mol. The Hall–Kier alpha value is -2.25. The van der Waals surface area contributed by atoms with Crippen molar-refractivity contribution in [2.75, 3.05) is 10.7 Å². The monoisotopic (exact) mass is 494 g/mol. The number of nitrogens with zero attached hydrogens (tertiary/aromatic N) is 2. The standard InChI is InChI=1S/C21H30N2O6SSi2/c1-13(24)23(18-19(25)22-11-14(21(26)27)12-30-20(18)22)16-9-8-15(28-31(2,3)4)10-17(16)29-32(5,6)7/h8-11,18,20H,12H2,1-7H3,(H,26,27)/t18?,20-/m1/s1. The Kier molecular flexibility index (Phi) is 6.56. The van der Waals surface area contributed by atoms with Gasteiger partial charge >= 0.3 is 5.97 Å². The van der Waals surface area contributed by atoms with E-state index in [4.69, 9.17) is 8.85 Å². The molecule has 2 aliphatic rings. The lowest BCUT2D eigenvalue weighted by Gasteiger charge is -2.51. The summed E-state index contributed by atoms with van der Waals surface area (Å²) in [5.41, 5.74) is 0.692. The van der Waals surface area contributed by atoms with Crippen LogP contribution in [0.1, 0.15) is 6.92 Å². The van der Waals surface area contributed by atoms with Gasteiger partial charge in [-0.05, 0) is 51.4 Å². The second kappa shape index (κ2) is 8.60. The van der Waals surface area contributed by atoms with E-state index >= 15 is 0 Å². The Balaban J connectivity index is 2.00. The molecule has 1 N–H and O–H groups in total. The van der Waals surface area contributed by atoms with E-state index in [0.29, 0.717) is 17.2 Å². The number of carbonyl (C=O) groups excluding carboxylic acids is 2. The summed E-state index contributed by atoms with van der Waals surface area (Å²) in [4.78, 5) is 39.9. The van der Waals surface area contributed by atoms with Crippen LogP contribution in [0.25, 0.3) is 0 Å². The van der Waals surface area contributed by atoms with Gasteiger partial charge in [-0.2, -0.15) is 0 Å². The topological polar surface area (TPSA) is 96.4 Å². The Bertz CT molecular complexity index is 985. The lowest BCUT2D eigenvalue weighted by molar-refractivity contribution is -0.142. The molecule has 1 aromatic carbocycles. The minimum Gasteiger partial charge on any atom is -0.544 e. The van der Waals surface area contributed by atoms with E-state index in [1.165, 1.54) is 34.7 Å². The Morgan fingerprint density at radius 3 is 2.28 bits per heavy atom. The molecule has 2 amide bonds. The van der Waals surface area contributed by atoms with E-state index in [1.54, 1.807) is 18.2 Å². The number of fused-ring (bicyclic) bond motifs is 1. The van der Waals surface area contributed by atoms with Gasteiger partial charge < -0.3 is 18.9 Å². The molecule has 1 aromatic rings. The van der Waals surface area contributed by atoms with Crippen LogP contribution in [0, 0.1) is 0 Å². The third kappa shape index (κ3) is 5.21. The summed E-state index contributed by atoms with van der Waals surface area (Å²) in [6, 6.07) is 4.66. The van der Waals surface area contributed by atoms with Gasteiger partial charge in [0, 0.05) is 24.9 Å². The van der Waals surface area contributed by atoms with Crippen LogP contribution in [0.3, 0.4) is 0 Å². The third-order valence-electron chi connectivity index (χ3n) is 4.68. The Morgan fingerprint density at radius 1 is 1.12 bits per heavy atom. The summed E-state index contributed by atoms with van der Waals surface area (Å²) in [7, 11) is -3.91. The summed E-state index contributed by atoms with van der Waals surface area (Å²) in [5, 5.41) is 8.90. The molecule has 0 bridgehead atoms. The normalized spacial score (nSPS) is 20.7. The van der Waals surface area contributed by atoms with Crippen molar-refractivity contribution in [3.05, 3.63) is 30.0 Å². The minimum absolute atomic E-state index is 0.169. The molecule has 0 aliphatic carbocycles. The first-order valence-electron chi connectivity index (χ1n) is 10.4. The molecule has 1 saturated heterocycles. The minimum atomic E-state index is -2.05. The van der Waals surface area contributed by atoms with E-state index in [2.05, 4.69) is 19.6 Å². The van der Waals surface area contributed by atoms with Crippen molar-refractivity contribution >= 4 is 51.9 Å². The van der Waals surface area contributed by atoms with E-state index in [9.17, 15) is 19.5 Å². The zero-order chi connectivity index (χ0) is 24.0. The predicted molar refractivity (Wildman–Crippen MR) is 130 cm³/mol. The first-order valence-corrected chi connectivity index (χ1v) is 18.2. The SMILES string of the molecule is CC(=O)N(c1ccc(O[Si](C)(C)C)cc1O[Si](C)(C)C)C1C(=O)N2C=C(C(=O)O)CS[C@H]12. The summed E-state index contributed by atoms with van der Waals surface area (Å²) >= 11 is 1.34. The van der Waals surface area contributed by atoms with Gasteiger partial charge in [0.25, 0.3) is 5.91 Å². The van der Waals surface area contributed by atoms with E-state index in [0.717, 1.165) is 0 Å². The average molecular weight is 495 g/mol. The van der Waals surface area contributed by atoms with Crippen LogP contribution in [0.15, 0.2) is 30.0 Å². The fourth-order valence-electron chi connectivity index (χ4n) is 3.55. The van der Waals surface area contributed by atoms with E-state index in [-0.39, 0.29) is 28.5 Å². The van der Waals surface area contributed by atoms with Crippen LogP contribution in [0.5, 0.6) is 11.5 Å². The van der Waals surface area contributed by atoms with Crippen molar-refractivity contribution in [1.29, 1.82) is 0 Å². The molecule has 8 nitrogen and oxygen atoms in total. The fraction of sp³-hybridized carbons (Fsp3) is 0.476. The highest BCUT2D eigenvalue weighted by molar-refractivity contribution is 8.00. The lowest BCUT2D eigenvalue weighted by Crippen LogP contribution is -2.69. The highest BCUT2D eigenvalue weighted by Gasteiger charge is 2.53. The van der Waals surface area contributed by atoms with Gasteiger partial charge in [-0.25, -0.2) is 4.79 Å². The predicted octanol–water partition coefficient (Wildman–Crippen LogP) is 3.72. The first kappa shape index (κ1) is 24.4. The smallest absolute Gasteiger partial charge is 0.333 e. The van der Waals surface area contributed by atoms with Crippen LogP contribution < -0.4 is 13.8 Å². The number of rotatable bonds is 7. The van der Waals surface area contributed by atoms with Crippen LogP contribution in [0.4, 0.5) is 5.69 Å². The molecule has 3 rings (SSSR count). The maximum absolute atomic E-state index is 13.0. The number of amides is 2. The number of anilines is 1. The van der Waals surface area contributed by atoms with Crippen molar-refractivity contribution in [1.82, 2.24) is 4.90 Å². The van der Waals surface area contributed by atoms with Gasteiger partial charge in [-0.15, -0.1) is 11.8 Å². The van der Waals surface area contributed by atoms with Crippen molar-refractivity contribution in [2.24, 2.45) is 0 Å². The number of benzene rings is 1. The largest absolute Gasteiger partial charge is 0.544 e. The number of carboxylic acid groups (broad SMARTS) is 1. The number of aliphatic carboxylic acids is 1. The highest BCUT2D eigenvalue weighted by Crippen LogP contribution is 2.43. The van der Waals surface area contributed by atoms with Gasteiger partial charge in [0.05, 0.1) is 11.3 Å². The number of carboxylic acids is 1. The van der Waals surface area contributed by atoms with E-state index < -0.39 is 28.6 Å². The number of carbonyl (C=O) groups is 3. The molecule has 0 radical (unpaired) electrons. The molecular formula is C21H30N2O6SSi2. The van der Waals surface area contributed by atoms with Crippen molar-refractivity contribution < 1.29 is 28.3 Å². The molecule has 0 saturated carbocycles. The molecule has 1 unspecified atom stereocenters. The third-order valence-corrected chi connectivity index (χ3v) is 7.66. The van der Waals surface area contributed by atoms with Crippen LogP contribution in [-0.2, 0) is 14.4 Å². The number of hydrogen-bond donors (Lipinski definition) is 1. The summed E-state index contributed by atoms with van der Waals surface area (Å²) in [6.45, 7) is 13.8. The Labute approximate surface area is 194 Å². The molecule has 1 fully saturated rings. The van der Waals surface area contributed by atoms with Crippen LogP contribution in [-0.4, -0.2) is 61.6 Å². The zero-order valence-corrected chi connectivity index (χ0v) is 22.3. The van der Waals surface area contributed by atoms with Crippen LogP contribution in [0.2, 0.25) is 39.3 Å². The van der Waals surface area contributed by atoms with Crippen molar-refractivity contribution in [3.63, 3.8) is 0 Å². The molecule has 0 aromatic heterocycles. The number of β-lactam (4-membered cyclic amide) rings is 1. The zero-order valence-electron chi connectivity index (χ0n) is 19.5. The maximum Gasteiger partial charge on any atom is 0.333 e. The number of hydrogen-bond acceptors (Lipinski definition) is 6.